The Morgan fingerprint density at radius 2 is 1.95 bits per heavy atom. The molecule has 0 atom stereocenters. The molecule has 0 bridgehead atoms. The highest BCUT2D eigenvalue weighted by atomic mass is 16.6. The van der Waals surface area contributed by atoms with Crippen molar-refractivity contribution in [3.8, 4) is 5.75 Å². The van der Waals surface area contributed by atoms with Crippen molar-refractivity contribution in [3.63, 3.8) is 0 Å². The summed E-state index contributed by atoms with van der Waals surface area (Å²) >= 11 is 0. The van der Waals surface area contributed by atoms with Crippen LogP contribution in [0.25, 0.3) is 0 Å². The minimum absolute atomic E-state index is 0.0218. The fourth-order valence-corrected chi connectivity index (χ4v) is 1.44. The smallest absolute Gasteiger partial charge is 0.270 e. The van der Waals surface area contributed by atoms with Gasteiger partial charge in [-0.05, 0) is 24.3 Å². The summed E-state index contributed by atoms with van der Waals surface area (Å²) in [6.45, 7) is 0. The average molecular weight is 257 g/mol. The van der Waals surface area contributed by atoms with Crippen molar-refractivity contribution in [2.45, 2.75) is 0 Å². The lowest BCUT2D eigenvalue weighted by Gasteiger charge is -1.99. The van der Waals surface area contributed by atoms with Crippen LogP contribution in [0.5, 0.6) is 5.75 Å². The number of nitrogens with zero attached hydrogens (tertiary/aromatic N) is 2. The number of nitrogens with one attached hydrogen (secondary N) is 1. The standard InChI is InChI=1S/C13H11N3O3/c17-13-6-4-11(5-7-13)15-14-9-10-2-1-3-12(8-10)16(18)19/h1-9,15,17H. The lowest BCUT2D eigenvalue weighted by molar-refractivity contribution is -0.384. The Kier molecular flexibility index (Phi) is 3.72. The number of hydrogen-bond donors (Lipinski definition) is 2. The summed E-state index contributed by atoms with van der Waals surface area (Å²) in [5.74, 6) is 0.174. The molecule has 0 aliphatic rings. The Morgan fingerprint density at radius 1 is 1.21 bits per heavy atom. The minimum Gasteiger partial charge on any atom is -0.508 e. The van der Waals surface area contributed by atoms with Gasteiger partial charge in [0, 0.05) is 17.7 Å². The fraction of sp³-hybridized carbons (Fsp3) is 0. The molecule has 0 radical (unpaired) electrons. The number of rotatable bonds is 4. The number of non-ortho nitro benzene ring substituents is 1. The van der Waals surface area contributed by atoms with Crippen LogP contribution in [0.15, 0.2) is 53.6 Å². The minimum atomic E-state index is -0.454. The van der Waals surface area contributed by atoms with Crippen molar-refractivity contribution in [2.75, 3.05) is 5.43 Å². The third-order valence-electron chi connectivity index (χ3n) is 2.36. The maximum atomic E-state index is 10.6. The van der Waals surface area contributed by atoms with Crippen molar-refractivity contribution in [1.82, 2.24) is 0 Å². The number of anilines is 1. The van der Waals surface area contributed by atoms with Crippen LogP contribution in [0.1, 0.15) is 5.56 Å². The van der Waals surface area contributed by atoms with Crippen LogP contribution < -0.4 is 5.43 Å². The first kappa shape index (κ1) is 12.6. The van der Waals surface area contributed by atoms with E-state index < -0.39 is 4.92 Å². The maximum absolute atomic E-state index is 10.6. The quantitative estimate of drug-likeness (QED) is 0.381. The topological polar surface area (TPSA) is 87.8 Å². The molecule has 96 valence electrons. The summed E-state index contributed by atoms with van der Waals surface area (Å²) in [6.07, 6.45) is 1.49. The summed E-state index contributed by atoms with van der Waals surface area (Å²) in [5, 5.41) is 23.7. The monoisotopic (exact) mass is 257 g/mol. The molecule has 6 heteroatoms. The Bertz CT molecular complexity index is 609. The third-order valence-corrected chi connectivity index (χ3v) is 2.36. The van der Waals surface area contributed by atoms with E-state index in [2.05, 4.69) is 10.5 Å². The molecule has 0 amide bonds. The largest absolute Gasteiger partial charge is 0.508 e. The van der Waals surface area contributed by atoms with Crippen molar-refractivity contribution in [2.24, 2.45) is 5.10 Å². The van der Waals surface area contributed by atoms with Crippen LogP contribution in [-0.2, 0) is 0 Å². The van der Waals surface area contributed by atoms with Gasteiger partial charge in [0.25, 0.3) is 5.69 Å². The van der Waals surface area contributed by atoms with Gasteiger partial charge in [-0.15, -0.1) is 0 Å². The van der Waals surface area contributed by atoms with E-state index in [1.165, 1.54) is 30.5 Å². The van der Waals surface area contributed by atoms with E-state index in [9.17, 15) is 10.1 Å². The van der Waals surface area contributed by atoms with Gasteiger partial charge in [-0.25, -0.2) is 0 Å². The number of hydrazone groups is 1. The van der Waals surface area contributed by atoms with Gasteiger partial charge in [0.15, 0.2) is 0 Å². The summed E-state index contributed by atoms with van der Waals surface area (Å²) in [6, 6.07) is 12.6. The van der Waals surface area contributed by atoms with E-state index in [1.807, 2.05) is 0 Å². The van der Waals surface area contributed by atoms with E-state index in [4.69, 9.17) is 5.11 Å². The number of aromatic hydroxyl groups is 1. The van der Waals surface area contributed by atoms with Gasteiger partial charge in [-0.2, -0.15) is 5.10 Å². The van der Waals surface area contributed by atoms with Crippen molar-refractivity contribution < 1.29 is 10.0 Å². The molecule has 2 aromatic carbocycles. The molecule has 0 aliphatic carbocycles. The summed E-state index contributed by atoms with van der Waals surface area (Å²) in [7, 11) is 0. The number of nitro groups is 1. The molecular formula is C13H11N3O3. The molecule has 0 heterocycles. The highest BCUT2D eigenvalue weighted by Crippen LogP contribution is 2.14. The third kappa shape index (κ3) is 3.53. The van der Waals surface area contributed by atoms with Crippen LogP contribution in [0.3, 0.4) is 0 Å². The highest BCUT2D eigenvalue weighted by Gasteiger charge is 2.03. The molecule has 0 saturated carbocycles. The van der Waals surface area contributed by atoms with Gasteiger partial charge >= 0.3 is 0 Å². The predicted molar refractivity (Wildman–Crippen MR) is 72.4 cm³/mol. The zero-order chi connectivity index (χ0) is 13.7. The maximum Gasteiger partial charge on any atom is 0.270 e. The highest BCUT2D eigenvalue weighted by molar-refractivity contribution is 5.81. The molecule has 0 spiro atoms. The fourth-order valence-electron chi connectivity index (χ4n) is 1.44. The first-order valence-electron chi connectivity index (χ1n) is 5.48. The number of phenolic OH excluding ortho intramolecular Hbond substituents is 1. The van der Waals surface area contributed by atoms with Gasteiger partial charge in [-0.3, -0.25) is 15.5 Å². The van der Waals surface area contributed by atoms with Crippen LogP contribution in [0, 0.1) is 10.1 Å². The van der Waals surface area contributed by atoms with Gasteiger partial charge in [-0.1, -0.05) is 12.1 Å². The van der Waals surface area contributed by atoms with Crippen molar-refractivity contribution in [1.29, 1.82) is 0 Å². The van der Waals surface area contributed by atoms with E-state index in [0.29, 0.717) is 11.3 Å². The van der Waals surface area contributed by atoms with Crippen LogP contribution in [0.4, 0.5) is 11.4 Å². The molecule has 0 unspecified atom stereocenters. The second-order valence-corrected chi connectivity index (χ2v) is 3.77. The molecular weight excluding hydrogens is 246 g/mol. The lowest BCUT2D eigenvalue weighted by Crippen LogP contribution is -1.92. The zero-order valence-corrected chi connectivity index (χ0v) is 9.85. The zero-order valence-electron chi connectivity index (χ0n) is 9.85. The Labute approximate surface area is 109 Å². The van der Waals surface area contributed by atoms with Crippen LogP contribution in [0.2, 0.25) is 0 Å². The number of hydrogen-bond acceptors (Lipinski definition) is 5. The summed E-state index contributed by atoms with van der Waals surface area (Å²) in [4.78, 5) is 10.1. The van der Waals surface area contributed by atoms with E-state index in [0.717, 1.165) is 0 Å². The normalized spacial score (nSPS) is 10.5. The number of nitro benzene ring substituents is 1. The van der Waals surface area contributed by atoms with Crippen molar-refractivity contribution in [3.05, 3.63) is 64.2 Å². The first-order chi connectivity index (χ1) is 9.15. The lowest BCUT2D eigenvalue weighted by atomic mass is 10.2. The Hall–Kier alpha value is -2.89. The molecule has 0 fully saturated rings. The molecule has 2 rings (SSSR count). The number of benzene rings is 2. The Morgan fingerprint density at radius 3 is 2.63 bits per heavy atom. The van der Waals surface area contributed by atoms with E-state index in [1.54, 1.807) is 24.3 Å². The second-order valence-electron chi connectivity index (χ2n) is 3.77. The van der Waals surface area contributed by atoms with Crippen molar-refractivity contribution >= 4 is 17.6 Å². The number of phenols is 1. The Balaban J connectivity index is 2.04. The molecule has 2 N–H and O–H groups in total. The van der Waals surface area contributed by atoms with E-state index in [-0.39, 0.29) is 11.4 Å². The first-order valence-corrected chi connectivity index (χ1v) is 5.48. The average Bonchev–Trinajstić information content (AvgIpc) is 2.41. The molecule has 6 nitrogen and oxygen atoms in total. The second kappa shape index (κ2) is 5.63. The molecule has 0 aliphatic heterocycles. The van der Waals surface area contributed by atoms with Gasteiger partial charge in [0.1, 0.15) is 5.75 Å². The van der Waals surface area contributed by atoms with Crippen LogP contribution >= 0.6 is 0 Å². The molecule has 2 aromatic rings. The predicted octanol–water partition coefficient (Wildman–Crippen LogP) is 2.75. The van der Waals surface area contributed by atoms with Gasteiger partial charge in [0.05, 0.1) is 16.8 Å². The van der Waals surface area contributed by atoms with Crippen LogP contribution in [-0.4, -0.2) is 16.2 Å². The molecule has 0 aromatic heterocycles. The SMILES string of the molecule is O=[N+]([O-])c1cccc(C=NNc2ccc(O)cc2)c1. The summed E-state index contributed by atoms with van der Waals surface area (Å²) in [5.41, 5.74) is 4.11. The molecule has 0 saturated heterocycles. The summed E-state index contributed by atoms with van der Waals surface area (Å²) < 4.78 is 0. The van der Waals surface area contributed by atoms with Gasteiger partial charge < -0.3 is 5.11 Å². The van der Waals surface area contributed by atoms with E-state index >= 15 is 0 Å². The molecule has 19 heavy (non-hydrogen) atoms. The van der Waals surface area contributed by atoms with Gasteiger partial charge in [0.2, 0.25) is 0 Å².